The van der Waals surface area contributed by atoms with Gasteiger partial charge in [-0.15, -0.1) is 0 Å². The Hall–Kier alpha value is -2.38. The van der Waals surface area contributed by atoms with Gasteiger partial charge in [0, 0.05) is 19.6 Å². The van der Waals surface area contributed by atoms with Gasteiger partial charge in [-0.25, -0.2) is 4.79 Å². The number of carbonyl (C=O) groups is 3. The molecule has 3 amide bonds. The Labute approximate surface area is 170 Å². The lowest BCUT2D eigenvalue weighted by atomic mass is 9.98. The Bertz CT molecular complexity index is 604. The van der Waals surface area contributed by atoms with Crippen molar-refractivity contribution in [2.75, 3.05) is 40.1 Å². The molecule has 0 spiro atoms. The van der Waals surface area contributed by atoms with E-state index in [2.05, 4.69) is 16.0 Å². The van der Waals surface area contributed by atoms with Crippen LogP contribution >= 0.6 is 0 Å². The largest absolute Gasteiger partial charge is 0.447 e. The summed E-state index contributed by atoms with van der Waals surface area (Å²) in [5, 5.41) is 17.3. The Kier molecular flexibility index (Phi) is 9.67. The molecule has 2 rings (SSSR count). The third-order valence-electron chi connectivity index (χ3n) is 4.92. The monoisotopic (exact) mass is 410 g/mol. The van der Waals surface area contributed by atoms with Gasteiger partial charge in [-0.3, -0.25) is 9.59 Å². The van der Waals surface area contributed by atoms with E-state index in [1.807, 2.05) is 6.07 Å². The minimum Gasteiger partial charge on any atom is -0.447 e. The molecule has 3 atom stereocenters. The van der Waals surface area contributed by atoms with Crippen molar-refractivity contribution in [3.8, 4) is 6.07 Å². The molecule has 0 aromatic rings. The first kappa shape index (κ1) is 22.9. The summed E-state index contributed by atoms with van der Waals surface area (Å²) in [4.78, 5) is 36.4. The van der Waals surface area contributed by atoms with Crippen molar-refractivity contribution in [1.82, 2.24) is 16.0 Å². The number of nitrogens with zero attached hydrogens (tertiary/aromatic N) is 1. The van der Waals surface area contributed by atoms with Crippen molar-refractivity contribution < 1.29 is 28.6 Å². The summed E-state index contributed by atoms with van der Waals surface area (Å²) in [5.74, 6) is -0.430. The maximum absolute atomic E-state index is 12.6. The number of hydrogen-bond donors (Lipinski definition) is 3. The smallest absolute Gasteiger partial charge is 0.407 e. The van der Waals surface area contributed by atoms with E-state index < -0.39 is 24.1 Å². The second-order valence-electron chi connectivity index (χ2n) is 7.32. The summed E-state index contributed by atoms with van der Waals surface area (Å²) in [6.07, 6.45) is 2.72. The van der Waals surface area contributed by atoms with Gasteiger partial charge in [0.1, 0.15) is 18.7 Å². The number of alkyl carbamates (subject to hydrolysis) is 1. The first-order chi connectivity index (χ1) is 14.0. The highest BCUT2D eigenvalue weighted by atomic mass is 16.6. The van der Waals surface area contributed by atoms with Gasteiger partial charge in [0.25, 0.3) is 0 Å². The highest BCUT2D eigenvalue weighted by molar-refractivity contribution is 5.86. The minimum atomic E-state index is -0.787. The van der Waals surface area contributed by atoms with E-state index >= 15 is 0 Å². The predicted octanol–water partition coefficient (Wildman–Crippen LogP) is 0.0789. The first-order valence-electron chi connectivity index (χ1n) is 10.0. The standard InChI is InChI=1S/C19H30N4O6/c1-27-6-7-28-8-9-29-19(26)23-16(10-13-2-3-13)18(25)22-15(12-20)11-14-4-5-21-17(14)24/h13-16H,2-11H2,1H3,(H,21,24)(H,22,25)(H,23,26)/t14-,15?,16?/m0/s1. The van der Waals surface area contributed by atoms with Crippen LogP contribution in [0.1, 0.15) is 32.1 Å². The van der Waals surface area contributed by atoms with E-state index in [-0.39, 0.29) is 31.5 Å². The summed E-state index contributed by atoms with van der Waals surface area (Å²) >= 11 is 0. The van der Waals surface area contributed by atoms with Crippen molar-refractivity contribution in [3.63, 3.8) is 0 Å². The molecule has 0 radical (unpaired) electrons. The number of amides is 3. The van der Waals surface area contributed by atoms with Crippen LogP contribution in [0, 0.1) is 23.2 Å². The van der Waals surface area contributed by atoms with E-state index in [0.29, 0.717) is 38.5 Å². The zero-order valence-corrected chi connectivity index (χ0v) is 16.8. The molecule has 1 saturated heterocycles. The van der Waals surface area contributed by atoms with E-state index in [0.717, 1.165) is 12.8 Å². The lowest BCUT2D eigenvalue weighted by Crippen LogP contribution is -2.50. The van der Waals surface area contributed by atoms with Crippen molar-refractivity contribution in [3.05, 3.63) is 0 Å². The van der Waals surface area contributed by atoms with Gasteiger partial charge in [0.15, 0.2) is 0 Å². The van der Waals surface area contributed by atoms with Crippen molar-refractivity contribution in [2.45, 2.75) is 44.2 Å². The van der Waals surface area contributed by atoms with Gasteiger partial charge in [-0.05, 0) is 25.2 Å². The van der Waals surface area contributed by atoms with Crippen LogP contribution in [-0.2, 0) is 23.8 Å². The molecule has 162 valence electrons. The fourth-order valence-electron chi connectivity index (χ4n) is 3.11. The van der Waals surface area contributed by atoms with Crippen LogP contribution in [0.15, 0.2) is 0 Å². The van der Waals surface area contributed by atoms with Gasteiger partial charge < -0.3 is 30.2 Å². The van der Waals surface area contributed by atoms with Crippen LogP contribution < -0.4 is 16.0 Å². The van der Waals surface area contributed by atoms with Gasteiger partial charge >= 0.3 is 6.09 Å². The number of carbonyl (C=O) groups excluding carboxylic acids is 3. The Balaban J connectivity index is 1.77. The van der Waals surface area contributed by atoms with Crippen LogP contribution in [-0.4, -0.2) is 70.1 Å². The van der Waals surface area contributed by atoms with Crippen molar-refractivity contribution >= 4 is 17.9 Å². The summed E-state index contributed by atoms with van der Waals surface area (Å²) in [7, 11) is 1.57. The zero-order chi connectivity index (χ0) is 21.1. The first-order valence-corrected chi connectivity index (χ1v) is 10.0. The third-order valence-corrected chi connectivity index (χ3v) is 4.92. The summed E-state index contributed by atoms with van der Waals surface area (Å²) in [6, 6.07) is 0.467. The second kappa shape index (κ2) is 12.2. The van der Waals surface area contributed by atoms with Crippen LogP contribution in [0.3, 0.4) is 0 Å². The Morgan fingerprint density at radius 1 is 1.17 bits per heavy atom. The number of methoxy groups -OCH3 is 1. The number of rotatable bonds is 13. The maximum atomic E-state index is 12.6. The minimum absolute atomic E-state index is 0.0604. The fraction of sp³-hybridized carbons (Fsp3) is 0.789. The molecular formula is C19H30N4O6. The number of nitrogens with one attached hydrogen (secondary N) is 3. The van der Waals surface area contributed by atoms with E-state index in [9.17, 15) is 19.6 Å². The summed E-state index contributed by atoms with van der Waals surface area (Å²) < 4.78 is 15.1. The molecule has 3 N–H and O–H groups in total. The maximum Gasteiger partial charge on any atom is 0.407 e. The number of ether oxygens (including phenoxy) is 3. The quantitative estimate of drug-likeness (QED) is 0.365. The van der Waals surface area contributed by atoms with E-state index in [1.54, 1.807) is 7.11 Å². The topological polar surface area (TPSA) is 139 Å². The molecule has 1 aliphatic heterocycles. The molecule has 1 aliphatic carbocycles. The second-order valence-corrected chi connectivity index (χ2v) is 7.32. The highest BCUT2D eigenvalue weighted by Crippen LogP contribution is 2.33. The van der Waals surface area contributed by atoms with Crippen molar-refractivity contribution in [1.29, 1.82) is 5.26 Å². The van der Waals surface area contributed by atoms with E-state index in [1.165, 1.54) is 0 Å². The van der Waals surface area contributed by atoms with E-state index in [4.69, 9.17) is 14.2 Å². The normalized spacial score (nSPS) is 20.3. The highest BCUT2D eigenvalue weighted by Gasteiger charge is 2.33. The predicted molar refractivity (Wildman–Crippen MR) is 102 cm³/mol. The zero-order valence-electron chi connectivity index (χ0n) is 16.8. The molecule has 0 aromatic heterocycles. The molecule has 10 heteroatoms. The molecule has 1 saturated carbocycles. The Morgan fingerprint density at radius 3 is 2.55 bits per heavy atom. The van der Waals surface area contributed by atoms with Crippen LogP contribution in [0.4, 0.5) is 4.79 Å². The number of nitriles is 1. The molecule has 2 unspecified atom stereocenters. The molecule has 0 bridgehead atoms. The lowest BCUT2D eigenvalue weighted by Gasteiger charge is -2.21. The van der Waals surface area contributed by atoms with Crippen LogP contribution in [0.25, 0.3) is 0 Å². The summed E-state index contributed by atoms with van der Waals surface area (Å²) in [6.45, 7) is 1.74. The molecule has 1 heterocycles. The van der Waals surface area contributed by atoms with Gasteiger partial charge in [0.05, 0.1) is 25.9 Å². The molecule has 10 nitrogen and oxygen atoms in total. The average Bonchev–Trinajstić information content (AvgIpc) is 3.43. The fourth-order valence-corrected chi connectivity index (χ4v) is 3.11. The average molecular weight is 410 g/mol. The molecule has 29 heavy (non-hydrogen) atoms. The third kappa shape index (κ3) is 8.66. The van der Waals surface area contributed by atoms with Crippen LogP contribution in [0.5, 0.6) is 0 Å². The molecule has 0 aromatic carbocycles. The molecule has 2 aliphatic rings. The van der Waals surface area contributed by atoms with Crippen LogP contribution in [0.2, 0.25) is 0 Å². The lowest BCUT2D eigenvalue weighted by molar-refractivity contribution is -0.125. The van der Waals surface area contributed by atoms with Gasteiger partial charge in [-0.1, -0.05) is 12.8 Å². The molecular weight excluding hydrogens is 380 g/mol. The van der Waals surface area contributed by atoms with Gasteiger partial charge in [-0.2, -0.15) is 5.26 Å². The van der Waals surface area contributed by atoms with Gasteiger partial charge in [0.2, 0.25) is 11.8 Å². The van der Waals surface area contributed by atoms with Crippen molar-refractivity contribution in [2.24, 2.45) is 11.8 Å². The summed E-state index contributed by atoms with van der Waals surface area (Å²) in [5.41, 5.74) is 0. The number of hydrogen-bond acceptors (Lipinski definition) is 7. The SMILES string of the molecule is COCCOCCOC(=O)NC(CC1CC1)C(=O)NC(C#N)C[C@@H]1CCNC1=O. The molecule has 2 fully saturated rings. The Morgan fingerprint density at radius 2 is 1.93 bits per heavy atom.